The van der Waals surface area contributed by atoms with Gasteiger partial charge in [0.05, 0.1) is 11.3 Å². The topological polar surface area (TPSA) is 108 Å². The van der Waals surface area contributed by atoms with Crippen LogP contribution < -0.4 is 5.32 Å². The number of nitrogens with one attached hydrogen (secondary N) is 1. The Hall–Kier alpha value is -4.66. The summed E-state index contributed by atoms with van der Waals surface area (Å²) in [6, 6.07) is 15.8. The standard InChI is InChI=1S/C27H23N7O2/c1-3-34-25(19-13-28-16(2)29-14-19)33-24-23(30-15-31-26(24)34)18-9-10-21-20(12-18)22(36-27(35)32-21)11-17-7-5-4-6-8-17/h4-10,12-15,22H,3,11H2,1-2H3,(H,32,35)/t22-/m1/s1. The molecule has 0 spiro atoms. The van der Waals surface area contributed by atoms with Crippen LogP contribution in [-0.4, -0.2) is 35.6 Å². The smallest absolute Gasteiger partial charge is 0.412 e. The van der Waals surface area contributed by atoms with E-state index in [9.17, 15) is 4.79 Å². The number of aryl methyl sites for hydroxylation is 2. The van der Waals surface area contributed by atoms with Gasteiger partial charge in [-0.3, -0.25) is 5.32 Å². The number of carbonyl (C=O) groups excluding carboxylic acids is 1. The molecule has 1 aliphatic heterocycles. The maximum absolute atomic E-state index is 12.2. The Kier molecular flexibility index (Phi) is 5.37. The number of fused-ring (bicyclic) bond motifs is 2. The van der Waals surface area contributed by atoms with E-state index in [1.165, 1.54) is 0 Å². The zero-order chi connectivity index (χ0) is 24.6. The van der Waals surface area contributed by atoms with Crippen LogP contribution in [-0.2, 0) is 17.7 Å². The van der Waals surface area contributed by atoms with E-state index in [1.54, 1.807) is 18.7 Å². The van der Waals surface area contributed by atoms with Gasteiger partial charge in [-0.1, -0.05) is 36.4 Å². The molecule has 1 aliphatic rings. The number of ether oxygens (including phenoxy) is 1. The van der Waals surface area contributed by atoms with Crippen LogP contribution in [0, 0.1) is 6.92 Å². The molecular formula is C27H23N7O2. The Morgan fingerprint density at radius 3 is 2.58 bits per heavy atom. The third-order valence-electron chi connectivity index (χ3n) is 6.31. The van der Waals surface area contributed by atoms with E-state index in [0.717, 1.165) is 39.4 Å². The molecule has 36 heavy (non-hydrogen) atoms. The van der Waals surface area contributed by atoms with E-state index in [-0.39, 0.29) is 0 Å². The fraction of sp³-hybridized carbons (Fsp3) is 0.185. The van der Waals surface area contributed by atoms with E-state index in [1.807, 2.05) is 60.0 Å². The monoisotopic (exact) mass is 477 g/mol. The lowest BCUT2D eigenvalue weighted by Crippen LogP contribution is -2.25. The number of hydrogen-bond acceptors (Lipinski definition) is 7. The molecule has 1 N–H and O–H groups in total. The number of amides is 1. The van der Waals surface area contributed by atoms with E-state index < -0.39 is 12.2 Å². The molecule has 0 fully saturated rings. The first kappa shape index (κ1) is 21.8. The van der Waals surface area contributed by atoms with Gasteiger partial charge in [0.15, 0.2) is 5.65 Å². The van der Waals surface area contributed by atoms with Crippen LogP contribution in [0.5, 0.6) is 0 Å². The number of carbonyl (C=O) groups is 1. The molecule has 178 valence electrons. The first-order valence-corrected chi connectivity index (χ1v) is 11.8. The molecule has 5 aromatic rings. The molecule has 2 aromatic carbocycles. The molecule has 0 saturated heterocycles. The second-order valence-electron chi connectivity index (χ2n) is 8.60. The molecule has 0 saturated carbocycles. The number of cyclic esters (lactones) is 1. The lowest BCUT2D eigenvalue weighted by Gasteiger charge is -2.27. The summed E-state index contributed by atoms with van der Waals surface area (Å²) >= 11 is 0. The van der Waals surface area contributed by atoms with Gasteiger partial charge in [0.25, 0.3) is 0 Å². The minimum absolute atomic E-state index is 0.415. The molecule has 0 bridgehead atoms. The fourth-order valence-corrected chi connectivity index (χ4v) is 4.58. The van der Waals surface area contributed by atoms with Crippen molar-refractivity contribution in [2.75, 3.05) is 5.32 Å². The number of hydrogen-bond donors (Lipinski definition) is 1. The molecule has 6 rings (SSSR count). The Labute approximate surface area is 207 Å². The molecule has 0 unspecified atom stereocenters. The molecule has 4 heterocycles. The van der Waals surface area contributed by atoms with Gasteiger partial charge in [0.2, 0.25) is 0 Å². The van der Waals surface area contributed by atoms with Crippen molar-refractivity contribution < 1.29 is 9.53 Å². The van der Waals surface area contributed by atoms with Gasteiger partial charge in [0.1, 0.15) is 35.3 Å². The zero-order valence-corrected chi connectivity index (χ0v) is 19.8. The average Bonchev–Trinajstić information content (AvgIpc) is 3.28. The lowest BCUT2D eigenvalue weighted by molar-refractivity contribution is 0.106. The van der Waals surface area contributed by atoms with Crippen molar-refractivity contribution in [1.82, 2.24) is 29.5 Å². The highest BCUT2D eigenvalue weighted by molar-refractivity contribution is 5.92. The van der Waals surface area contributed by atoms with Gasteiger partial charge >= 0.3 is 6.09 Å². The highest BCUT2D eigenvalue weighted by Gasteiger charge is 2.28. The molecule has 1 atom stereocenters. The van der Waals surface area contributed by atoms with Gasteiger partial charge in [-0.05, 0) is 31.5 Å². The van der Waals surface area contributed by atoms with Crippen molar-refractivity contribution in [3.8, 4) is 22.6 Å². The Morgan fingerprint density at radius 1 is 1.00 bits per heavy atom. The molecule has 3 aromatic heterocycles. The number of imidazole rings is 1. The average molecular weight is 478 g/mol. The fourth-order valence-electron chi connectivity index (χ4n) is 4.58. The number of rotatable bonds is 5. The quantitative estimate of drug-likeness (QED) is 0.374. The Bertz CT molecular complexity index is 1580. The summed E-state index contributed by atoms with van der Waals surface area (Å²) < 4.78 is 7.72. The summed E-state index contributed by atoms with van der Waals surface area (Å²) in [5.41, 5.74) is 6.53. The molecule has 9 heteroatoms. The Morgan fingerprint density at radius 2 is 1.81 bits per heavy atom. The van der Waals surface area contributed by atoms with E-state index >= 15 is 0 Å². The van der Waals surface area contributed by atoms with E-state index in [2.05, 4.69) is 32.2 Å². The molecular weight excluding hydrogens is 454 g/mol. The second kappa shape index (κ2) is 8.84. The first-order chi connectivity index (χ1) is 17.6. The first-order valence-electron chi connectivity index (χ1n) is 11.8. The van der Waals surface area contributed by atoms with Crippen molar-refractivity contribution in [2.45, 2.75) is 32.9 Å². The van der Waals surface area contributed by atoms with Crippen LogP contribution in [0.25, 0.3) is 33.8 Å². The predicted octanol–water partition coefficient (Wildman–Crippen LogP) is 5.12. The number of nitrogens with zero attached hydrogens (tertiary/aromatic N) is 6. The highest BCUT2D eigenvalue weighted by atomic mass is 16.6. The number of benzene rings is 2. The number of aromatic nitrogens is 6. The van der Waals surface area contributed by atoms with Crippen molar-refractivity contribution in [2.24, 2.45) is 0 Å². The maximum Gasteiger partial charge on any atom is 0.412 e. The van der Waals surface area contributed by atoms with Crippen molar-refractivity contribution in [3.05, 3.63) is 84.2 Å². The molecule has 0 aliphatic carbocycles. The summed E-state index contributed by atoms with van der Waals surface area (Å²) in [5.74, 6) is 1.44. The van der Waals surface area contributed by atoms with Gasteiger partial charge in [-0.25, -0.2) is 29.7 Å². The third-order valence-corrected chi connectivity index (χ3v) is 6.31. The van der Waals surface area contributed by atoms with Gasteiger partial charge in [-0.15, -0.1) is 0 Å². The SMILES string of the molecule is CCn1c(-c2cnc(C)nc2)nc2c(-c3ccc4c(c3)[C@@H](Cc3ccccc3)OC(=O)N4)ncnc21. The van der Waals surface area contributed by atoms with Crippen LogP contribution in [0.2, 0.25) is 0 Å². The lowest BCUT2D eigenvalue weighted by atomic mass is 9.96. The van der Waals surface area contributed by atoms with Crippen molar-refractivity contribution in [1.29, 1.82) is 0 Å². The summed E-state index contributed by atoms with van der Waals surface area (Å²) in [5, 5.41) is 2.81. The van der Waals surface area contributed by atoms with Crippen LogP contribution >= 0.6 is 0 Å². The summed E-state index contributed by atoms with van der Waals surface area (Å²) in [4.78, 5) is 34.9. The van der Waals surface area contributed by atoms with Gasteiger partial charge in [-0.2, -0.15) is 0 Å². The van der Waals surface area contributed by atoms with Crippen LogP contribution in [0.1, 0.15) is 30.0 Å². The number of anilines is 1. The Balaban J connectivity index is 1.46. The molecule has 0 radical (unpaired) electrons. The van der Waals surface area contributed by atoms with Crippen LogP contribution in [0.4, 0.5) is 10.5 Å². The van der Waals surface area contributed by atoms with Crippen molar-refractivity contribution >= 4 is 22.9 Å². The minimum atomic E-state index is -0.452. The van der Waals surface area contributed by atoms with Crippen LogP contribution in [0.15, 0.2) is 67.3 Å². The highest BCUT2D eigenvalue weighted by Crippen LogP contribution is 2.37. The maximum atomic E-state index is 12.2. The minimum Gasteiger partial charge on any atom is -0.441 e. The second-order valence-corrected chi connectivity index (χ2v) is 8.60. The largest absolute Gasteiger partial charge is 0.441 e. The molecule has 9 nitrogen and oxygen atoms in total. The van der Waals surface area contributed by atoms with E-state index in [0.29, 0.717) is 30.0 Å². The summed E-state index contributed by atoms with van der Waals surface area (Å²) in [6.45, 7) is 4.58. The molecule has 1 amide bonds. The summed E-state index contributed by atoms with van der Waals surface area (Å²) in [6.07, 6.45) is 4.81. The van der Waals surface area contributed by atoms with Crippen molar-refractivity contribution in [3.63, 3.8) is 0 Å². The van der Waals surface area contributed by atoms with Crippen LogP contribution in [0.3, 0.4) is 0 Å². The van der Waals surface area contributed by atoms with Gasteiger partial charge < -0.3 is 9.30 Å². The predicted molar refractivity (Wildman–Crippen MR) is 135 cm³/mol. The van der Waals surface area contributed by atoms with Gasteiger partial charge in [0, 0.05) is 36.5 Å². The van der Waals surface area contributed by atoms with E-state index in [4.69, 9.17) is 9.72 Å². The summed E-state index contributed by atoms with van der Waals surface area (Å²) in [7, 11) is 0. The normalized spacial score (nSPS) is 14.8. The zero-order valence-electron chi connectivity index (χ0n) is 19.8. The third kappa shape index (κ3) is 3.84.